The predicted molar refractivity (Wildman–Crippen MR) is 118 cm³/mol. The van der Waals surface area contributed by atoms with Crippen molar-refractivity contribution in [3.8, 4) is 0 Å². The van der Waals surface area contributed by atoms with Crippen molar-refractivity contribution < 1.29 is 8.42 Å². The van der Waals surface area contributed by atoms with Crippen molar-refractivity contribution in [1.29, 1.82) is 0 Å². The second-order valence-corrected chi connectivity index (χ2v) is 11.6. The van der Waals surface area contributed by atoms with E-state index in [1.54, 1.807) is 6.20 Å². The van der Waals surface area contributed by atoms with Gasteiger partial charge in [-0.25, -0.2) is 18.4 Å². The predicted octanol–water partition coefficient (Wildman–Crippen LogP) is 2.92. The molecule has 5 rings (SSSR count). The maximum absolute atomic E-state index is 13.0. The molecule has 0 saturated carbocycles. The molecule has 2 saturated heterocycles. The summed E-state index contributed by atoms with van der Waals surface area (Å²) >= 11 is 0. The fourth-order valence-electron chi connectivity index (χ4n) is 5.25. The molecule has 0 bridgehead atoms. The smallest absolute Gasteiger partial charge is 0.225 e. The number of nitrogens with zero attached hydrogens (tertiary/aromatic N) is 4. The number of rotatable bonds is 3. The van der Waals surface area contributed by atoms with Gasteiger partial charge in [0, 0.05) is 50.4 Å². The Morgan fingerprint density at radius 3 is 2.70 bits per heavy atom. The van der Waals surface area contributed by atoms with Gasteiger partial charge in [-0.2, -0.15) is 0 Å². The third-order valence-corrected chi connectivity index (χ3v) is 8.98. The van der Waals surface area contributed by atoms with Gasteiger partial charge in [0.15, 0.2) is 9.84 Å². The largest absolute Gasteiger partial charge is 0.341 e. The zero-order valence-electron chi connectivity index (χ0n) is 17.8. The average Bonchev–Trinajstić information content (AvgIpc) is 3.15. The zero-order valence-corrected chi connectivity index (χ0v) is 18.6. The van der Waals surface area contributed by atoms with Crippen molar-refractivity contribution in [1.82, 2.24) is 14.9 Å². The average molecular weight is 427 g/mol. The Hall–Kier alpha value is -1.99. The number of fused-ring (bicyclic) bond motifs is 3. The minimum absolute atomic E-state index is 0.0619. The van der Waals surface area contributed by atoms with Crippen LogP contribution in [0.1, 0.15) is 48.1 Å². The molecule has 0 amide bonds. The standard InChI is InChI=1S/C23H30N4O2S/c1-16-5-7-18(8-6-16)12-26-13-20-21(14-26)30(28,29)15-19-10-24-23(25-22(19)20)27-9-3-4-17(2)11-27/h5-8,10,17,20-21H,3-4,9,11-15H2,1-2H3/t17-,20-,21+/m0/s1. The van der Waals surface area contributed by atoms with Crippen molar-refractivity contribution in [3.63, 3.8) is 0 Å². The third kappa shape index (κ3) is 3.73. The second kappa shape index (κ2) is 7.61. The Morgan fingerprint density at radius 2 is 1.93 bits per heavy atom. The van der Waals surface area contributed by atoms with Gasteiger partial charge in [0.1, 0.15) is 0 Å². The van der Waals surface area contributed by atoms with Crippen molar-refractivity contribution in [2.45, 2.75) is 50.2 Å². The molecule has 1 aromatic carbocycles. The Morgan fingerprint density at radius 1 is 1.13 bits per heavy atom. The number of sulfone groups is 1. The monoisotopic (exact) mass is 426 g/mol. The van der Waals surface area contributed by atoms with E-state index in [1.807, 2.05) is 0 Å². The van der Waals surface area contributed by atoms with Crippen molar-refractivity contribution in [2.75, 3.05) is 31.1 Å². The highest BCUT2D eigenvalue weighted by molar-refractivity contribution is 7.91. The van der Waals surface area contributed by atoms with Gasteiger partial charge in [-0.1, -0.05) is 36.8 Å². The normalized spacial score (nSPS) is 28.2. The van der Waals surface area contributed by atoms with Crippen LogP contribution in [0.3, 0.4) is 0 Å². The van der Waals surface area contributed by atoms with Gasteiger partial charge in [-0.3, -0.25) is 4.90 Å². The van der Waals surface area contributed by atoms with E-state index in [2.05, 4.69) is 52.9 Å². The van der Waals surface area contributed by atoms with Crippen LogP contribution in [0, 0.1) is 12.8 Å². The highest BCUT2D eigenvalue weighted by atomic mass is 32.2. The molecular weight excluding hydrogens is 396 g/mol. The minimum atomic E-state index is -3.19. The molecule has 0 spiro atoms. The first-order valence-electron chi connectivity index (χ1n) is 11.0. The Balaban J connectivity index is 1.42. The lowest BCUT2D eigenvalue weighted by Gasteiger charge is -2.32. The van der Waals surface area contributed by atoms with Crippen LogP contribution in [-0.2, 0) is 22.1 Å². The lowest BCUT2D eigenvalue weighted by Crippen LogP contribution is -2.38. The van der Waals surface area contributed by atoms with Crippen LogP contribution in [0.25, 0.3) is 0 Å². The van der Waals surface area contributed by atoms with E-state index in [0.717, 1.165) is 49.8 Å². The first kappa shape index (κ1) is 19.9. The molecule has 7 heteroatoms. The molecule has 2 aromatic rings. The van der Waals surface area contributed by atoms with Gasteiger partial charge in [0.2, 0.25) is 5.95 Å². The van der Waals surface area contributed by atoms with Crippen molar-refractivity contribution in [2.24, 2.45) is 5.92 Å². The first-order valence-corrected chi connectivity index (χ1v) is 12.7. The van der Waals surface area contributed by atoms with Gasteiger partial charge in [0.05, 0.1) is 16.7 Å². The fraction of sp³-hybridized carbons (Fsp3) is 0.565. The number of benzene rings is 1. The summed E-state index contributed by atoms with van der Waals surface area (Å²) in [5, 5.41) is -0.363. The van der Waals surface area contributed by atoms with E-state index in [-0.39, 0.29) is 16.9 Å². The molecule has 0 aliphatic carbocycles. The van der Waals surface area contributed by atoms with Crippen molar-refractivity contribution >= 4 is 15.8 Å². The van der Waals surface area contributed by atoms with Gasteiger partial charge >= 0.3 is 0 Å². The maximum Gasteiger partial charge on any atom is 0.225 e. The van der Waals surface area contributed by atoms with Gasteiger partial charge in [-0.05, 0) is 31.2 Å². The number of piperidine rings is 1. The Kier molecular flexibility index (Phi) is 5.06. The lowest BCUT2D eigenvalue weighted by atomic mass is 9.99. The molecule has 3 aliphatic rings. The molecule has 0 N–H and O–H groups in total. The molecule has 6 nitrogen and oxygen atoms in total. The molecule has 0 unspecified atom stereocenters. The Labute approximate surface area is 179 Å². The van der Waals surface area contributed by atoms with E-state index < -0.39 is 9.84 Å². The summed E-state index contributed by atoms with van der Waals surface area (Å²) in [6.45, 7) is 8.41. The molecule has 160 valence electrons. The highest BCUT2D eigenvalue weighted by Gasteiger charge is 2.47. The second-order valence-electron chi connectivity index (χ2n) is 9.41. The van der Waals surface area contributed by atoms with E-state index in [0.29, 0.717) is 12.5 Å². The summed E-state index contributed by atoms with van der Waals surface area (Å²) < 4.78 is 26.0. The van der Waals surface area contributed by atoms with Crippen LogP contribution in [0.2, 0.25) is 0 Å². The number of hydrogen-bond donors (Lipinski definition) is 0. The summed E-state index contributed by atoms with van der Waals surface area (Å²) in [7, 11) is -3.19. The van der Waals surface area contributed by atoms with E-state index in [4.69, 9.17) is 4.98 Å². The summed E-state index contributed by atoms with van der Waals surface area (Å²) in [5.41, 5.74) is 4.22. The first-order chi connectivity index (χ1) is 14.4. The molecule has 1 aromatic heterocycles. The summed E-state index contributed by atoms with van der Waals surface area (Å²) in [6, 6.07) is 8.50. The minimum Gasteiger partial charge on any atom is -0.341 e. The summed E-state index contributed by atoms with van der Waals surface area (Å²) in [5.74, 6) is 1.42. The van der Waals surface area contributed by atoms with Gasteiger partial charge in [-0.15, -0.1) is 0 Å². The quantitative estimate of drug-likeness (QED) is 0.752. The van der Waals surface area contributed by atoms with Crippen LogP contribution in [-0.4, -0.2) is 54.7 Å². The molecule has 30 heavy (non-hydrogen) atoms. The molecule has 0 radical (unpaired) electrons. The SMILES string of the molecule is Cc1ccc(CN2C[C@@H]3c4nc(N5CCC[C@H](C)C5)ncc4CS(=O)(=O)[C@@H]3C2)cc1. The van der Waals surface area contributed by atoms with E-state index in [1.165, 1.54) is 17.5 Å². The van der Waals surface area contributed by atoms with Crippen LogP contribution in [0.4, 0.5) is 5.95 Å². The molecule has 2 fully saturated rings. The van der Waals surface area contributed by atoms with Crippen molar-refractivity contribution in [3.05, 3.63) is 52.8 Å². The molecule has 3 atom stereocenters. The highest BCUT2D eigenvalue weighted by Crippen LogP contribution is 2.40. The van der Waals surface area contributed by atoms with Crippen LogP contribution < -0.4 is 4.90 Å². The van der Waals surface area contributed by atoms with Crippen LogP contribution >= 0.6 is 0 Å². The number of likely N-dealkylation sites (tertiary alicyclic amines) is 1. The molecular formula is C23H30N4O2S. The number of aromatic nitrogens is 2. The summed E-state index contributed by atoms with van der Waals surface area (Å²) in [4.78, 5) is 14.1. The Bertz CT molecular complexity index is 1040. The molecule has 3 aliphatic heterocycles. The van der Waals surface area contributed by atoms with Gasteiger partial charge in [0.25, 0.3) is 0 Å². The number of hydrogen-bond acceptors (Lipinski definition) is 6. The number of anilines is 1. The third-order valence-electron chi connectivity index (χ3n) is 6.86. The van der Waals surface area contributed by atoms with E-state index in [9.17, 15) is 8.42 Å². The topological polar surface area (TPSA) is 66.4 Å². The maximum atomic E-state index is 13.0. The zero-order chi connectivity index (χ0) is 20.9. The fourth-order valence-corrected chi connectivity index (χ4v) is 7.27. The van der Waals surface area contributed by atoms with Crippen LogP contribution in [0.15, 0.2) is 30.5 Å². The van der Waals surface area contributed by atoms with Crippen LogP contribution in [0.5, 0.6) is 0 Å². The van der Waals surface area contributed by atoms with E-state index >= 15 is 0 Å². The molecule has 4 heterocycles. The van der Waals surface area contributed by atoms with Gasteiger partial charge < -0.3 is 4.90 Å². The number of aryl methyl sites for hydroxylation is 1. The summed E-state index contributed by atoms with van der Waals surface area (Å²) in [6.07, 6.45) is 4.18. The lowest BCUT2D eigenvalue weighted by molar-refractivity contribution is 0.326.